The van der Waals surface area contributed by atoms with E-state index in [9.17, 15) is 4.79 Å². The minimum Gasteiger partial charge on any atom is -0.497 e. The molecule has 2 aliphatic rings. The number of hydrogen-bond acceptors (Lipinski definition) is 5. The summed E-state index contributed by atoms with van der Waals surface area (Å²) in [5.74, 6) is 0.855. The van der Waals surface area contributed by atoms with Gasteiger partial charge in [-0.3, -0.25) is 9.69 Å². The highest BCUT2D eigenvalue weighted by Crippen LogP contribution is 2.35. The van der Waals surface area contributed by atoms with E-state index >= 15 is 0 Å². The number of piperazine rings is 1. The summed E-state index contributed by atoms with van der Waals surface area (Å²) in [6, 6.07) is 14.3. The van der Waals surface area contributed by atoms with E-state index in [1.807, 2.05) is 18.2 Å². The molecule has 0 aromatic heterocycles. The summed E-state index contributed by atoms with van der Waals surface area (Å²) >= 11 is 0. The molecular weight excluding hydrogens is 400 g/mol. The van der Waals surface area contributed by atoms with Gasteiger partial charge in [-0.25, -0.2) is 5.01 Å². The van der Waals surface area contributed by atoms with E-state index in [-0.39, 0.29) is 11.9 Å². The average molecular weight is 435 g/mol. The Morgan fingerprint density at radius 2 is 1.81 bits per heavy atom. The highest BCUT2D eigenvalue weighted by Gasteiger charge is 2.34. The van der Waals surface area contributed by atoms with Crippen molar-refractivity contribution in [3.05, 3.63) is 64.7 Å². The second kappa shape index (κ2) is 9.84. The third kappa shape index (κ3) is 4.87. The predicted molar refractivity (Wildman–Crippen MR) is 128 cm³/mol. The second-order valence-electron chi connectivity index (χ2n) is 8.81. The quantitative estimate of drug-likeness (QED) is 0.697. The van der Waals surface area contributed by atoms with Gasteiger partial charge in [0.2, 0.25) is 0 Å². The molecule has 32 heavy (non-hydrogen) atoms. The zero-order chi connectivity index (χ0) is 22.7. The van der Waals surface area contributed by atoms with Crippen molar-refractivity contribution >= 4 is 11.6 Å². The number of carbonyl (C=O) groups excluding carboxylic acids is 1. The minimum atomic E-state index is -0.121. The Bertz CT molecular complexity index is 995. The van der Waals surface area contributed by atoms with Crippen molar-refractivity contribution in [1.82, 2.24) is 14.8 Å². The third-order valence-corrected chi connectivity index (χ3v) is 6.62. The highest BCUT2D eigenvalue weighted by atomic mass is 16.5. The van der Waals surface area contributed by atoms with Crippen molar-refractivity contribution in [2.45, 2.75) is 33.2 Å². The van der Waals surface area contributed by atoms with E-state index < -0.39 is 0 Å². The van der Waals surface area contributed by atoms with Crippen LogP contribution in [-0.2, 0) is 4.79 Å². The summed E-state index contributed by atoms with van der Waals surface area (Å²) in [5.41, 5.74) is 5.54. The van der Waals surface area contributed by atoms with Gasteiger partial charge in [0.25, 0.3) is 5.91 Å². The maximum atomic E-state index is 13.5. The first-order valence-electron chi connectivity index (χ1n) is 11.5. The molecule has 170 valence electrons. The Balaban J connectivity index is 1.60. The normalized spacial score (nSPS) is 19.8. The standard InChI is InChI=1S/C26H34N4O2/c1-5-28-11-13-29(14-12-28)18-26(31)30-25(21-7-6-8-22(16-21)32-4)17-24(27-30)23-15-19(2)9-10-20(23)3/h6-10,15-16,25H,5,11-14,17-18H2,1-4H3. The maximum Gasteiger partial charge on any atom is 0.257 e. The molecule has 6 nitrogen and oxygen atoms in total. The zero-order valence-corrected chi connectivity index (χ0v) is 19.7. The zero-order valence-electron chi connectivity index (χ0n) is 19.7. The SMILES string of the molecule is CCN1CCN(CC(=O)N2N=C(c3cc(C)ccc3C)CC2c2cccc(OC)c2)CC1. The van der Waals surface area contributed by atoms with Crippen molar-refractivity contribution in [3.8, 4) is 5.75 Å². The molecule has 0 aliphatic carbocycles. The molecule has 2 aliphatic heterocycles. The number of carbonyl (C=O) groups is 1. The van der Waals surface area contributed by atoms with E-state index in [1.54, 1.807) is 12.1 Å². The molecule has 2 heterocycles. The first kappa shape index (κ1) is 22.5. The lowest BCUT2D eigenvalue weighted by atomic mass is 9.95. The van der Waals surface area contributed by atoms with Crippen LogP contribution in [0.5, 0.6) is 5.75 Å². The molecule has 1 unspecified atom stereocenters. The molecular formula is C26H34N4O2. The fraction of sp³-hybridized carbons (Fsp3) is 0.462. The Morgan fingerprint density at radius 3 is 2.53 bits per heavy atom. The van der Waals surface area contributed by atoms with Crippen LogP contribution in [0.3, 0.4) is 0 Å². The number of hydrogen-bond donors (Lipinski definition) is 0. The Morgan fingerprint density at radius 1 is 1.06 bits per heavy atom. The number of ether oxygens (including phenoxy) is 1. The topological polar surface area (TPSA) is 48.4 Å². The van der Waals surface area contributed by atoms with Gasteiger partial charge in [-0.15, -0.1) is 0 Å². The van der Waals surface area contributed by atoms with Crippen molar-refractivity contribution < 1.29 is 9.53 Å². The lowest BCUT2D eigenvalue weighted by Crippen LogP contribution is -2.49. The smallest absolute Gasteiger partial charge is 0.257 e. The molecule has 1 amide bonds. The summed E-state index contributed by atoms with van der Waals surface area (Å²) in [6.45, 7) is 11.7. The van der Waals surface area contributed by atoms with E-state index in [1.165, 1.54) is 11.1 Å². The molecule has 1 atom stereocenters. The number of nitrogens with zero attached hydrogens (tertiary/aromatic N) is 4. The number of hydrazone groups is 1. The van der Waals surface area contributed by atoms with Crippen LogP contribution in [-0.4, -0.2) is 72.8 Å². The van der Waals surface area contributed by atoms with Gasteiger partial charge in [0, 0.05) is 38.2 Å². The summed E-state index contributed by atoms with van der Waals surface area (Å²) in [6.07, 6.45) is 0.701. The molecule has 0 spiro atoms. The van der Waals surface area contributed by atoms with Gasteiger partial charge < -0.3 is 9.64 Å². The van der Waals surface area contributed by atoms with Crippen LogP contribution in [0, 0.1) is 13.8 Å². The summed E-state index contributed by atoms with van der Waals surface area (Å²) < 4.78 is 5.44. The van der Waals surface area contributed by atoms with E-state index in [2.05, 4.69) is 54.8 Å². The second-order valence-corrected chi connectivity index (χ2v) is 8.81. The summed E-state index contributed by atoms with van der Waals surface area (Å²) in [4.78, 5) is 18.1. The molecule has 4 rings (SSSR count). The maximum absolute atomic E-state index is 13.5. The molecule has 1 fully saturated rings. The number of likely N-dealkylation sites (N-methyl/N-ethyl adjacent to an activating group) is 1. The first-order chi connectivity index (χ1) is 15.5. The molecule has 0 bridgehead atoms. The minimum absolute atomic E-state index is 0.0584. The van der Waals surface area contributed by atoms with Crippen LogP contribution in [0.25, 0.3) is 0 Å². The average Bonchev–Trinajstić information content (AvgIpc) is 3.27. The fourth-order valence-electron chi connectivity index (χ4n) is 4.59. The largest absolute Gasteiger partial charge is 0.497 e. The number of amides is 1. The molecule has 2 aromatic rings. The van der Waals surface area contributed by atoms with Crippen molar-refractivity contribution in [3.63, 3.8) is 0 Å². The molecule has 0 N–H and O–H groups in total. The first-order valence-corrected chi connectivity index (χ1v) is 11.5. The van der Waals surface area contributed by atoms with Crippen LogP contribution < -0.4 is 4.74 Å². The van der Waals surface area contributed by atoms with Gasteiger partial charge in [-0.1, -0.05) is 36.8 Å². The van der Waals surface area contributed by atoms with Crippen LogP contribution in [0.4, 0.5) is 0 Å². The number of rotatable bonds is 6. The molecule has 2 aromatic carbocycles. The lowest BCUT2D eigenvalue weighted by Gasteiger charge is -2.34. The monoisotopic (exact) mass is 434 g/mol. The molecule has 1 saturated heterocycles. The number of methoxy groups -OCH3 is 1. The van der Waals surface area contributed by atoms with Crippen LogP contribution in [0.15, 0.2) is 47.6 Å². The van der Waals surface area contributed by atoms with Crippen molar-refractivity contribution in [1.29, 1.82) is 0 Å². The van der Waals surface area contributed by atoms with Gasteiger partial charge >= 0.3 is 0 Å². The predicted octanol–water partition coefficient (Wildman–Crippen LogP) is 3.63. The van der Waals surface area contributed by atoms with Crippen LogP contribution in [0.1, 0.15) is 41.6 Å². The van der Waals surface area contributed by atoms with Gasteiger partial charge in [0.15, 0.2) is 0 Å². The van der Waals surface area contributed by atoms with Crippen LogP contribution >= 0.6 is 0 Å². The van der Waals surface area contributed by atoms with E-state index in [0.29, 0.717) is 13.0 Å². The highest BCUT2D eigenvalue weighted by molar-refractivity contribution is 6.04. The van der Waals surface area contributed by atoms with Gasteiger partial charge in [-0.2, -0.15) is 5.10 Å². The Kier molecular flexibility index (Phi) is 6.92. The van der Waals surface area contributed by atoms with E-state index in [0.717, 1.165) is 55.3 Å². The van der Waals surface area contributed by atoms with E-state index in [4.69, 9.17) is 9.84 Å². The Hall–Kier alpha value is -2.70. The third-order valence-electron chi connectivity index (χ3n) is 6.62. The van der Waals surface area contributed by atoms with Crippen LogP contribution in [0.2, 0.25) is 0 Å². The molecule has 0 saturated carbocycles. The summed E-state index contributed by atoms with van der Waals surface area (Å²) in [7, 11) is 1.67. The van der Waals surface area contributed by atoms with Gasteiger partial charge in [0.05, 0.1) is 25.4 Å². The molecule has 0 radical (unpaired) electrons. The number of aryl methyl sites for hydroxylation is 2. The number of benzene rings is 2. The van der Waals surface area contributed by atoms with Gasteiger partial charge in [-0.05, 0) is 49.7 Å². The van der Waals surface area contributed by atoms with Crippen molar-refractivity contribution in [2.75, 3.05) is 46.4 Å². The molecule has 6 heteroatoms. The fourth-order valence-corrected chi connectivity index (χ4v) is 4.59. The lowest BCUT2D eigenvalue weighted by molar-refractivity contribution is -0.134. The summed E-state index contributed by atoms with van der Waals surface area (Å²) in [5, 5.41) is 6.61. The Labute approximate surface area is 191 Å². The van der Waals surface area contributed by atoms with Crippen molar-refractivity contribution in [2.24, 2.45) is 5.10 Å². The van der Waals surface area contributed by atoms with Gasteiger partial charge in [0.1, 0.15) is 5.75 Å².